The summed E-state index contributed by atoms with van der Waals surface area (Å²) in [6.07, 6.45) is 0. The highest BCUT2D eigenvalue weighted by Crippen LogP contribution is 2.41. The van der Waals surface area contributed by atoms with E-state index in [1.54, 1.807) is 31.4 Å². The van der Waals surface area contributed by atoms with Gasteiger partial charge in [0.05, 0.1) is 13.7 Å². The summed E-state index contributed by atoms with van der Waals surface area (Å²) < 4.78 is 11.8. The van der Waals surface area contributed by atoms with E-state index in [9.17, 15) is 9.90 Å². The van der Waals surface area contributed by atoms with E-state index in [1.165, 1.54) is 11.3 Å². The molecule has 0 amide bonds. The zero-order valence-corrected chi connectivity index (χ0v) is 17.0. The van der Waals surface area contributed by atoms with E-state index in [-0.39, 0.29) is 11.5 Å². The zero-order chi connectivity index (χ0) is 20.4. The Hall–Kier alpha value is -3.31. The minimum absolute atomic E-state index is 0.0486. The molecule has 3 aromatic carbocycles. The molecule has 0 fully saturated rings. The van der Waals surface area contributed by atoms with Crippen LogP contribution in [0.3, 0.4) is 0 Å². The lowest BCUT2D eigenvalue weighted by Crippen LogP contribution is -2.02. The summed E-state index contributed by atoms with van der Waals surface area (Å²) in [6, 6.07) is 19.9. The molecule has 0 atom stereocenters. The van der Waals surface area contributed by atoms with Gasteiger partial charge in [-0.25, -0.2) is 0 Å². The Kier molecular flexibility index (Phi) is 5.23. The van der Waals surface area contributed by atoms with Gasteiger partial charge >= 0.3 is 0 Å². The number of phenols is 1. The van der Waals surface area contributed by atoms with Crippen LogP contribution in [0.15, 0.2) is 66.7 Å². The highest BCUT2D eigenvalue weighted by molar-refractivity contribution is 7.22. The topological polar surface area (TPSA) is 55.8 Å². The van der Waals surface area contributed by atoms with Gasteiger partial charge in [0.1, 0.15) is 17.2 Å². The first-order valence-electron chi connectivity index (χ1n) is 9.28. The van der Waals surface area contributed by atoms with Crippen molar-refractivity contribution in [3.63, 3.8) is 0 Å². The van der Waals surface area contributed by atoms with Crippen molar-refractivity contribution in [2.75, 3.05) is 13.7 Å². The quantitative estimate of drug-likeness (QED) is 0.406. The third-order valence-electron chi connectivity index (χ3n) is 4.68. The molecule has 0 saturated carbocycles. The Balaban J connectivity index is 1.87. The molecule has 1 N–H and O–H groups in total. The Bertz CT molecular complexity index is 1160. The van der Waals surface area contributed by atoms with Crippen LogP contribution in [-0.4, -0.2) is 24.6 Å². The molecule has 0 aliphatic heterocycles. The number of fused-ring (bicyclic) bond motifs is 1. The van der Waals surface area contributed by atoms with Crippen LogP contribution in [0.1, 0.15) is 22.8 Å². The minimum Gasteiger partial charge on any atom is -0.508 e. The van der Waals surface area contributed by atoms with Crippen molar-refractivity contribution >= 4 is 27.2 Å². The first-order valence-corrected chi connectivity index (χ1v) is 10.1. The maximum Gasteiger partial charge on any atom is 0.195 e. The second kappa shape index (κ2) is 7.97. The summed E-state index contributed by atoms with van der Waals surface area (Å²) in [4.78, 5) is 14.4. The molecular weight excluding hydrogens is 384 g/mol. The molecule has 1 heterocycles. The van der Waals surface area contributed by atoms with Gasteiger partial charge in [0, 0.05) is 26.1 Å². The van der Waals surface area contributed by atoms with Crippen molar-refractivity contribution in [2.45, 2.75) is 6.92 Å². The molecule has 4 aromatic rings. The highest BCUT2D eigenvalue weighted by Gasteiger charge is 2.22. The molecule has 0 aliphatic carbocycles. The smallest absolute Gasteiger partial charge is 0.195 e. The number of phenolic OH excluding ortho intramolecular Hbond substituents is 1. The number of methoxy groups -OCH3 is 1. The van der Waals surface area contributed by atoms with Crippen LogP contribution in [0.2, 0.25) is 0 Å². The fourth-order valence-corrected chi connectivity index (χ4v) is 4.49. The molecule has 0 saturated heterocycles. The molecule has 4 nitrogen and oxygen atoms in total. The number of hydrogen-bond acceptors (Lipinski definition) is 5. The highest BCUT2D eigenvalue weighted by atomic mass is 32.1. The van der Waals surface area contributed by atoms with Crippen molar-refractivity contribution in [2.24, 2.45) is 0 Å². The van der Waals surface area contributed by atoms with Crippen molar-refractivity contribution in [3.8, 4) is 27.7 Å². The lowest BCUT2D eigenvalue weighted by Gasteiger charge is -2.07. The fraction of sp³-hybridized carbons (Fsp3) is 0.125. The van der Waals surface area contributed by atoms with E-state index in [0.717, 1.165) is 32.0 Å². The maximum atomic E-state index is 13.5. The predicted molar refractivity (Wildman–Crippen MR) is 117 cm³/mol. The molecule has 5 heteroatoms. The molecule has 0 bridgehead atoms. The van der Waals surface area contributed by atoms with Gasteiger partial charge < -0.3 is 14.6 Å². The summed E-state index contributed by atoms with van der Waals surface area (Å²) >= 11 is 1.54. The number of hydrogen-bond donors (Lipinski definition) is 1. The van der Waals surface area contributed by atoms with Crippen LogP contribution in [0.5, 0.6) is 17.2 Å². The number of carbonyl (C=O) groups excluding carboxylic acids is 1. The summed E-state index contributed by atoms with van der Waals surface area (Å²) in [6.45, 7) is 2.50. The second-order valence-electron chi connectivity index (χ2n) is 6.50. The monoisotopic (exact) mass is 404 g/mol. The van der Waals surface area contributed by atoms with E-state index in [1.807, 2.05) is 49.4 Å². The van der Waals surface area contributed by atoms with Crippen molar-refractivity contribution in [1.29, 1.82) is 0 Å². The first kappa shape index (κ1) is 19.0. The molecular formula is C24H20O4S. The van der Waals surface area contributed by atoms with Crippen LogP contribution in [-0.2, 0) is 0 Å². The third-order valence-corrected chi connectivity index (χ3v) is 5.88. The van der Waals surface area contributed by atoms with E-state index in [2.05, 4.69) is 0 Å². The number of aromatic hydroxyl groups is 1. The first-order chi connectivity index (χ1) is 14.1. The van der Waals surface area contributed by atoms with Crippen LogP contribution in [0.25, 0.3) is 20.5 Å². The van der Waals surface area contributed by atoms with Gasteiger partial charge in [0.15, 0.2) is 5.78 Å². The summed E-state index contributed by atoms with van der Waals surface area (Å²) in [7, 11) is 1.63. The lowest BCUT2D eigenvalue weighted by atomic mass is 9.97. The fourth-order valence-electron chi connectivity index (χ4n) is 3.26. The normalized spacial score (nSPS) is 10.8. The molecule has 0 radical (unpaired) electrons. The van der Waals surface area contributed by atoms with Gasteiger partial charge in [-0.3, -0.25) is 4.79 Å². The van der Waals surface area contributed by atoms with Gasteiger partial charge in [-0.05, 0) is 79.2 Å². The summed E-state index contributed by atoms with van der Waals surface area (Å²) in [5.41, 5.74) is 2.14. The van der Waals surface area contributed by atoms with E-state index < -0.39 is 0 Å². The molecule has 1 aromatic heterocycles. The number of carbonyl (C=O) groups is 1. The largest absolute Gasteiger partial charge is 0.508 e. The Morgan fingerprint density at radius 2 is 1.66 bits per heavy atom. The summed E-state index contributed by atoms with van der Waals surface area (Å²) in [5.74, 6) is 1.63. The predicted octanol–water partition coefficient (Wildman–Crippen LogP) is 5.91. The van der Waals surface area contributed by atoms with Crippen molar-refractivity contribution in [3.05, 3.63) is 77.9 Å². The van der Waals surface area contributed by atoms with Crippen LogP contribution < -0.4 is 9.47 Å². The van der Waals surface area contributed by atoms with Gasteiger partial charge in [0.2, 0.25) is 0 Å². The number of rotatable bonds is 6. The van der Waals surface area contributed by atoms with Gasteiger partial charge in [-0.1, -0.05) is 0 Å². The Labute approximate surface area is 173 Å². The number of ether oxygens (including phenoxy) is 2. The number of thiophene rings is 1. The van der Waals surface area contributed by atoms with Crippen LogP contribution in [0, 0.1) is 0 Å². The van der Waals surface area contributed by atoms with Crippen molar-refractivity contribution in [1.82, 2.24) is 0 Å². The number of ketones is 1. The van der Waals surface area contributed by atoms with E-state index in [0.29, 0.717) is 17.7 Å². The molecule has 0 aliphatic rings. The Morgan fingerprint density at radius 3 is 2.31 bits per heavy atom. The van der Waals surface area contributed by atoms with Gasteiger partial charge in [-0.15, -0.1) is 11.3 Å². The number of benzene rings is 3. The molecule has 0 spiro atoms. The summed E-state index contributed by atoms with van der Waals surface area (Å²) in [5, 5.41) is 10.5. The zero-order valence-electron chi connectivity index (χ0n) is 16.1. The van der Waals surface area contributed by atoms with Crippen LogP contribution in [0.4, 0.5) is 0 Å². The minimum atomic E-state index is -0.0486. The van der Waals surface area contributed by atoms with E-state index >= 15 is 0 Å². The van der Waals surface area contributed by atoms with E-state index in [4.69, 9.17) is 9.47 Å². The van der Waals surface area contributed by atoms with Crippen molar-refractivity contribution < 1.29 is 19.4 Å². The lowest BCUT2D eigenvalue weighted by molar-refractivity contribution is 0.104. The molecule has 4 rings (SSSR count). The standard InChI is InChI=1S/C24H20O4S/c1-3-28-18-10-6-15(7-11-18)23(26)22-20-13-12-19(27-2)14-21(20)29-24(22)16-4-8-17(25)9-5-16/h4-14,25H,3H2,1-2H3. The van der Waals surface area contributed by atoms with Gasteiger partial charge in [0.25, 0.3) is 0 Å². The average molecular weight is 404 g/mol. The Morgan fingerprint density at radius 1 is 0.966 bits per heavy atom. The molecule has 0 unspecified atom stereocenters. The third kappa shape index (κ3) is 3.69. The molecule has 29 heavy (non-hydrogen) atoms. The maximum absolute atomic E-state index is 13.5. The van der Waals surface area contributed by atoms with Gasteiger partial charge in [-0.2, -0.15) is 0 Å². The molecule has 146 valence electrons. The van der Waals surface area contributed by atoms with Crippen LogP contribution >= 0.6 is 11.3 Å². The SMILES string of the molecule is CCOc1ccc(C(=O)c2c(-c3ccc(O)cc3)sc3cc(OC)ccc23)cc1. The second-order valence-corrected chi connectivity index (χ2v) is 7.55. The average Bonchev–Trinajstić information content (AvgIpc) is 3.13.